The minimum absolute atomic E-state index is 0.0296. The van der Waals surface area contributed by atoms with E-state index in [0.717, 1.165) is 22.2 Å². The molecule has 164 valence electrons. The summed E-state index contributed by atoms with van der Waals surface area (Å²) in [6, 6.07) is 11.4. The van der Waals surface area contributed by atoms with Gasteiger partial charge in [0.25, 0.3) is 0 Å². The number of nitriles is 1. The Bertz CT molecular complexity index is 1320. The molecule has 6 nitrogen and oxygen atoms in total. The summed E-state index contributed by atoms with van der Waals surface area (Å²) in [4.78, 5) is 16.9. The molecular formula is C25H23BrN2O4. The van der Waals surface area contributed by atoms with Crippen LogP contribution >= 0.6 is 15.9 Å². The molecule has 2 aromatic carbocycles. The van der Waals surface area contributed by atoms with Gasteiger partial charge in [-0.3, -0.25) is 4.79 Å². The molecule has 0 unspecified atom stereocenters. The summed E-state index contributed by atoms with van der Waals surface area (Å²) < 4.78 is 18.1. The Morgan fingerprint density at radius 1 is 1.25 bits per heavy atom. The van der Waals surface area contributed by atoms with Crippen LogP contribution in [0.25, 0.3) is 10.9 Å². The van der Waals surface area contributed by atoms with Crippen LogP contribution in [0.5, 0.6) is 5.75 Å². The number of rotatable bonds is 3. The maximum atomic E-state index is 13.5. The van der Waals surface area contributed by atoms with Crippen LogP contribution in [0.15, 0.2) is 34.8 Å². The Morgan fingerprint density at radius 2 is 2.03 bits per heavy atom. The van der Waals surface area contributed by atoms with Crippen LogP contribution in [0.4, 0.5) is 0 Å². The van der Waals surface area contributed by atoms with E-state index in [1.54, 1.807) is 6.07 Å². The second-order valence-corrected chi connectivity index (χ2v) is 10.1. The fourth-order valence-corrected chi connectivity index (χ4v) is 5.19. The molecule has 7 heteroatoms. The van der Waals surface area contributed by atoms with E-state index >= 15 is 0 Å². The van der Waals surface area contributed by atoms with E-state index in [9.17, 15) is 10.1 Å². The number of hydrogen-bond donors (Lipinski definition) is 1. The molecule has 0 radical (unpaired) electrons. The highest BCUT2D eigenvalue weighted by atomic mass is 79.9. The van der Waals surface area contributed by atoms with Gasteiger partial charge in [-0.1, -0.05) is 19.9 Å². The summed E-state index contributed by atoms with van der Waals surface area (Å²) in [5.74, 6) is 0.0627. The van der Waals surface area contributed by atoms with Crippen molar-refractivity contribution in [1.29, 1.82) is 5.26 Å². The van der Waals surface area contributed by atoms with Crippen LogP contribution in [0.1, 0.15) is 60.4 Å². The molecule has 0 bridgehead atoms. The molecule has 0 amide bonds. The summed E-state index contributed by atoms with van der Waals surface area (Å²) in [5.41, 5.74) is 3.90. The average molecular weight is 495 g/mol. The van der Waals surface area contributed by atoms with Gasteiger partial charge in [0.15, 0.2) is 11.6 Å². The van der Waals surface area contributed by atoms with Gasteiger partial charge in [0.2, 0.25) is 0 Å². The molecule has 0 saturated carbocycles. The molecule has 1 aliphatic heterocycles. The number of aromatic nitrogens is 1. The quantitative estimate of drug-likeness (QED) is 0.540. The lowest BCUT2D eigenvalue weighted by Gasteiger charge is -2.32. The van der Waals surface area contributed by atoms with E-state index in [4.69, 9.17) is 14.2 Å². The van der Waals surface area contributed by atoms with Crippen LogP contribution in [0.3, 0.4) is 0 Å². The van der Waals surface area contributed by atoms with Crippen molar-refractivity contribution in [2.45, 2.75) is 45.0 Å². The number of halogens is 1. The predicted molar refractivity (Wildman–Crippen MR) is 123 cm³/mol. The van der Waals surface area contributed by atoms with Gasteiger partial charge in [-0.15, -0.1) is 0 Å². The maximum absolute atomic E-state index is 13.5. The van der Waals surface area contributed by atoms with Crippen LogP contribution in [0, 0.1) is 11.3 Å². The van der Waals surface area contributed by atoms with Crippen molar-refractivity contribution in [1.82, 2.24) is 4.98 Å². The van der Waals surface area contributed by atoms with Gasteiger partial charge in [-0.2, -0.15) is 5.26 Å². The molecule has 1 atom stereocenters. The minimum atomic E-state index is -0.593. The van der Waals surface area contributed by atoms with Crippen LogP contribution in [-0.2, 0) is 14.9 Å². The Kier molecular flexibility index (Phi) is 4.75. The van der Waals surface area contributed by atoms with Crippen molar-refractivity contribution in [3.05, 3.63) is 62.8 Å². The van der Waals surface area contributed by atoms with E-state index in [0.29, 0.717) is 40.1 Å². The number of benzene rings is 2. The molecule has 1 aromatic heterocycles. The Labute approximate surface area is 194 Å². The highest BCUT2D eigenvalue weighted by molar-refractivity contribution is 9.10. The number of H-pyrrole nitrogens is 1. The third kappa shape index (κ3) is 3.17. The number of ketones is 1. The fourth-order valence-electron chi connectivity index (χ4n) is 4.65. The van der Waals surface area contributed by atoms with Crippen molar-refractivity contribution < 1.29 is 19.0 Å². The summed E-state index contributed by atoms with van der Waals surface area (Å²) in [6.07, 6.45) is -0.136. The van der Waals surface area contributed by atoms with Gasteiger partial charge < -0.3 is 19.2 Å². The number of carbonyl (C=O) groups is 1. The van der Waals surface area contributed by atoms with Crippen molar-refractivity contribution in [3.63, 3.8) is 0 Å². The van der Waals surface area contributed by atoms with Crippen molar-refractivity contribution >= 4 is 32.6 Å². The number of carbonyl (C=O) groups excluding carboxylic acids is 1. The lowest BCUT2D eigenvalue weighted by Crippen LogP contribution is -2.30. The van der Waals surface area contributed by atoms with E-state index in [1.807, 2.05) is 38.1 Å². The monoisotopic (exact) mass is 494 g/mol. The van der Waals surface area contributed by atoms with Crippen molar-refractivity contribution in [2.75, 3.05) is 13.2 Å². The van der Waals surface area contributed by atoms with Gasteiger partial charge in [0, 0.05) is 22.1 Å². The molecule has 2 heterocycles. The number of aromatic amines is 1. The molecule has 32 heavy (non-hydrogen) atoms. The van der Waals surface area contributed by atoms with E-state index in [2.05, 4.69) is 40.8 Å². The standard InChI is InChI=1S/C25H23BrN2O4/c1-24(2)18-9-14(30-11-15-12-31-25(3,4)32-15)6-8-16(18)22(29)19-17-7-5-13(10-27)20(26)21(17)28-23(19)24/h5-9,15,28H,11-12H2,1-4H3/t15-/m0/s1. The second-order valence-electron chi connectivity index (χ2n) is 9.26. The Hall–Kier alpha value is -2.66. The van der Waals surface area contributed by atoms with Crippen LogP contribution in [0.2, 0.25) is 0 Å². The second kappa shape index (κ2) is 7.17. The van der Waals surface area contributed by atoms with Gasteiger partial charge in [-0.05, 0) is 59.6 Å². The van der Waals surface area contributed by atoms with Gasteiger partial charge in [0.1, 0.15) is 24.5 Å². The Balaban J connectivity index is 1.53. The third-order valence-electron chi connectivity index (χ3n) is 6.30. The molecule has 1 N–H and O–H groups in total. The average Bonchev–Trinajstić information content (AvgIpc) is 3.32. The van der Waals surface area contributed by atoms with Crippen molar-refractivity contribution in [3.8, 4) is 11.8 Å². The number of nitrogens with zero attached hydrogens (tertiary/aromatic N) is 1. The lowest BCUT2D eigenvalue weighted by molar-refractivity contribution is -0.141. The summed E-state index contributed by atoms with van der Waals surface area (Å²) in [5, 5.41) is 10.2. The maximum Gasteiger partial charge on any atom is 0.195 e. The molecule has 0 spiro atoms. The largest absolute Gasteiger partial charge is 0.491 e. The molecule has 3 aromatic rings. The summed E-state index contributed by atoms with van der Waals surface area (Å²) >= 11 is 3.53. The third-order valence-corrected chi connectivity index (χ3v) is 7.12. The highest BCUT2D eigenvalue weighted by Gasteiger charge is 2.40. The van der Waals surface area contributed by atoms with Crippen LogP contribution in [-0.4, -0.2) is 35.9 Å². The fraction of sp³-hybridized carbons (Fsp3) is 0.360. The first-order valence-corrected chi connectivity index (χ1v) is 11.3. The van der Waals surface area contributed by atoms with Gasteiger partial charge >= 0.3 is 0 Å². The molecule has 2 aliphatic rings. The number of fused-ring (bicyclic) bond motifs is 4. The topological polar surface area (TPSA) is 84.3 Å². The van der Waals surface area contributed by atoms with E-state index in [1.165, 1.54) is 0 Å². The molecule has 1 fully saturated rings. The van der Waals surface area contributed by atoms with Crippen LogP contribution < -0.4 is 4.74 Å². The molecular weight excluding hydrogens is 472 g/mol. The van der Waals surface area contributed by atoms with E-state index < -0.39 is 11.2 Å². The predicted octanol–water partition coefficient (Wildman–Crippen LogP) is 5.20. The first-order chi connectivity index (χ1) is 15.1. The van der Waals surface area contributed by atoms with Gasteiger partial charge in [0.05, 0.1) is 27.7 Å². The first kappa shape index (κ1) is 21.2. The minimum Gasteiger partial charge on any atom is -0.491 e. The normalized spacial score (nSPS) is 20.6. The Morgan fingerprint density at radius 3 is 2.72 bits per heavy atom. The zero-order chi connectivity index (χ0) is 22.8. The number of hydrogen-bond acceptors (Lipinski definition) is 5. The zero-order valence-corrected chi connectivity index (χ0v) is 19.9. The van der Waals surface area contributed by atoms with Gasteiger partial charge in [-0.25, -0.2) is 0 Å². The molecule has 1 saturated heterocycles. The summed E-state index contributed by atoms with van der Waals surface area (Å²) in [6.45, 7) is 8.81. The molecule has 1 aliphatic carbocycles. The SMILES string of the molecule is CC1(C)OC[C@H](COc2ccc3c(c2)C(C)(C)c2[nH]c4c(Br)c(C#N)ccc4c2C3=O)O1. The number of ether oxygens (including phenoxy) is 3. The lowest BCUT2D eigenvalue weighted by atomic mass is 9.71. The highest BCUT2D eigenvalue weighted by Crippen LogP contribution is 2.46. The number of nitrogens with one attached hydrogen (secondary N) is 1. The summed E-state index contributed by atoms with van der Waals surface area (Å²) in [7, 11) is 0. The smallest absolute Gasteiger partial charge is 0.195 e. The first-order valence-electron chi connectivity index (χ1n) is 10.5. The van der Waals surface area contributed by atoms with E-state index in [-0.39, 0.29) is 11.9 Å². The van der Waals surface area contributed by atoms with Crippen molar-refractivity contribution in [2.24, 2.45) is 0 Å². The molecule has 5 rings (SSSR count). The zero-order valence-electron chi connectivity index (χ0n) is 18.3.